The van der Waals surface area contributed by atoms with Gasteiger partial charge in [-0.15, -0.1) is 0 Å². The van der Waals surface area contributed by atoms with E-state index in [1.54, 1.807) is 36.4 Å². The summed E-state index contributed by atoms with van der Waals surface area (Å²) < 4.78 is 13.1. The van der Waals surface area contributed by atoms with Gasteiger partial charge in [-0.25, -0.2) is 9.18 Å². The number of nitrogens with zero attached hydrogens (tertiary/aromatic N) is 1. The van der Waals surface area contributed by atoms with Crippen LogP contribution in [0.3, 0.4) is 0 Å². The number of aromatic carboxylic acids is 1. The zero-order valence-electron chi connectivity index (χ0n) is 14.5. The van der Waals surface area contributed by atoms with E-state index in [2.05, 4.69) is 5.32 Å². The first kappa shape index (κ1) is 18.8. The molecule has 0 unspecified atom stereocenters. The van der Waals surface area contributed by atoms with Gasteiger partial charge in [0.15, 0.2) is 0 Å². The smallest absolute Gasteiger partial charge is 0.337 e. The highest BCUT2D eigenvalue weighted by atomic mass is 19.1. The molecule has 3 aromatic rings. The minimum Gasteiger partial charge on any atom is -0.478 e. The number of non-ortho nitro benzene ring substituents is 1. The standard InChI is InChI=1S/C21H15FN2O4/c22-16-7-9-17(10-8-16)23-20-13-15(6-11-19(20)21(25)26)5-4-14-2-1-3-18(12-14)24(27)28/h1-13,23H,(H,25,26)/b5-4+. The largest absolute Gasteiger partial charge is 0.478 e. The van der Waals surface area contributed by atoms with Crippen LogP contribution in [0, 0.1) is 15.9 Å². The number of benzene rings is 3. The molecule has 0 saturated heterocycles. The molecule has 0 heterocycles. The third-order valence-electron chi connectivity index (χ3n) is 3.95. The average Bonchev–Trinajstić information content (AvgIpc) is 2.68. The number of nitrogens with one attached hydrogen (secondary N) is 1. The molecule has 140 valence electrons. The van der Waals surface area contributed by atoms with Gasteiger partial charge < -0.3 is 10.4 Å². The first-order valence-electron chi connectivity index (χ1n) is 8.25. The predicted molar refractivity (Wildman–Crippen MR) is 105 cm³/mol. The van der Waals surface area contributed by atoms with Gasteiger partial charge in [0.1, 0.15) is 5.82 Å². The third kappa shape index (κ3) is 4.59. The number of hydrogen-bond acceptors (Lipinski definition) is 4. The van der Waals surface area contributed by atoms with Crippen molar-refractivity contribution in [1.29, 1.82) is 0 Å². The minimum absolute atomic E-state index is 0.0120. The average molecular weight is 378 g/mol. The highest BCUT2D eigenvalue weighted by Gasteiger charge is 2.11. The summed E-state index contributed by atoms with van der Waals surface area (Å²) in [5.41, 5.74) is 2.29. The van der Waals surface area contributed by atoms with Gasteiger partial charge in [-0.05, 0) is 47.5 Å². The summed E-state index contributed by atoms with van der Waals surface area (Å²) in [4.78, 5) is 21.9. The van der Waals surface area contributed by atoms with Crippen molar-refractivity contribution in [3.63, 3.8) is 0 Å². The second kappa shape index (κ2) is 8.13. The number of carboxylic acid groups (broad SMARTS) is 1. The lowest BCUT2D eigenvalue weighted by molar-refractivity contribution is -0.384. The number of nitro groups is 1. The maximum atomic E-state index is 13.1. The Morgan fingerprint density at radius 1 is 1.00 bits per heavy atom. The first-order chi connectivity index (χ1) is 13.4. The van der Waals surface area contributed by atoms with Crippen molar-refractivity contribution < 1.29 is 19.2 Å². The molecule has 0 radical (unpaired) electrons. The van der Waals surface area contributed by atoms with Gasteiger partial charge in [0.25, 0.3) is 5.69 Å². The molecule has 7 heteroatoms. The van der Waals surface area contributed by atoms with Gasteiger partial charge in [-0.2, -0.15) is 0 Å². The second-order valence-electron chi connectivity index (χ2n) is 5.93. The molecule has 0 aromatic heterocycles. The van der Waals surface area contributed by atoms with E-state index in [0.29, 0.717) is 22.5 Å². The van der Waals surface area contributed by atoms with E-state index in [1.807, 2.05) is 0 Å². The van der Waals surface area contributed by atoms with Gasteiger partial charge in [0.2, 0.25) is 0 Å². The summed E-state index contributed by atoms with van der Waals surface area (Å²) in [5, 5.41) is 23.2. The summed E-state index contributed by atoms with van der Waals surface area (Å²) in [6, 6.07) is 16.5. The highest BCUT2D eigenvalue weighted by Crippen LogP contribution is 2.24. The van der Waals surface area contributed by atoms with Crippen molar-refractivity contribution in [3.8, 4) is 0 Å². The lowest BCUT2D eigenvalue weighted by Gasteiger charge is -2.11. The molecule has 0 atom stereocenters. The molecule has 28 heavy (non-hydrogen) atoms. The van der Waals surface area contributed by atoms with Crippen molar-refractivity contribution in [1.82, 2.24) is 0 Å². The molecule has 0 aliphatic heterocycles. The quantitative estimate of drug-likeness (QED) is 0.343. The fraction of sp³-hybridized carbons (Fsp3) is 0. The number of carboxylic acids is 1. The summed E-state index contributed by atoms with van der Waals surface area (Å²) in [7, 11) is 0. The Labute approximate surface area is 159 Å². The summed E-state index contributed by atoms with van der Waals surface area (Å²) in [6.07, 6.45) is 3.42. The molecule has 6 nitrogen and oxygen atoms in total. The number of rotatable bonds is 6. The highest BCUT2D eigenvalue weighted by molar-refractivity contribution is 5.96. The van der Waals surface area contributed by atoms with E-state index in [1.165, 1.54) is 42.5 Å². The number of carbonyl (C=O) groups is 1. The molecular weight excluding hydrogens is 363 g/mol. The Morgan fingerprint density at radius 2 is 1.68 bits per heavy atom. The van der Waals surface area contributed by atoms with Crippen LogP contribution in [-0.2, 0) is 0 Å². The summed E-state index contributed by atoms with van der Waals surface area (Å²) in [5.74, 6) is -1.49. The molecule has 0 saturated carbocycles. The zero-order valence-corrected chi connectivity index (χ0v) is 14.5. The lowest BCUT2D eigenvalue weighted by Crippen LogP contribution is -2.03. The van der Waals surface area contributed by atoms with Crippen LogP contribution in [0.5, 0.6) is 0 Å². The zero-order chi connectivity index (χ0) is 20.1. The Morgan fingerprint density at radius 3 is 2.32 bits per heavy atom. The molecule has 0 spiro atoms. The van der Waals surface area contributed by atoms with Gasteiger partial charge in [-0.3, -0.25) is 10.1 Å². The number of halogens is 1. The summed E-state index contributed by atoms with van der Waals surface area (Å²) in [6.45, 7) is 0. The third-order valence-corrected chi connectivity index (χ3v) is 3.95. The van der Waals surface area contributed by atoms with Crippen LogP contribution < -0.4 is 5.32 Å². The topological polar surface area (TPSA) is 92.5 Å². The van der Waals surface area contributed by atoms with E-state index < -0.39 is 16.7 Å². The van der Waals surface area contributed by atoms with Crippen molar-refractivity contribution in [2.24, 2.45) is 0 Å². The molecule has 0 aliphatic carbocycles. The van der Waals surface area contributed by atoms with E-state index >= 15 is 0 Å². The van der Waals surface area contributed by atoms with Gasteiger partial charge in [0.05, 0.1) is 16.2 Å². The van der Waals surface area contributed by atoms with Crippen molar-refractivity contribution in [3.05, 3.63) is 99.4 Å². The Kier molecular flexibility index (Phi) is 5.45. The van der Waals surface area contributed by atoms with Crippen LogP contribution in [0.2, 0.25) is 0 Å². The van der Waals surface area contributed by atoms with E-state index in [0.717, 1.165) is 0 Å². The fourth-order valence-corrected chi connectivity index (χ4v) is 2.58. The minimum atomic E-state index is -1.10. The maximum absolute atomic E-state index is 13.1. The van der Waals surface area contributed by atoms with Crippen LogP contribution >= 0.6 is 0 Å². The number of hydrogen-bond donors (Lipinski definition) is 2. The predicted octanol–water partition coefficient (Wildman–Crippen LogP) is 5.35. The second-order valence-corrected chi connectivity index (χ2v) is 5.93. The fourth-order valence-electron chi connectivity index (χ4n) is 2.58. The van der Waals surface area contributed by atoms with Crippen LogP contribution in [-0.4, -0.2) is 16.0 Å². The molecule has 0 bridgehead atoms. The van der Waals surface area contributed by atoms with E-state index in [9.17, 15) is 24.4 Å². The molecular formula is C21H15FN2O4. The number of anilines is 2. The van der Waals surface area contributed by atoms with Crippen LogP contribution in [0.4, 0.5) is 21.5 Å². The molecule has 3 aromatic carbocycles. The molecule has 0 aliphatic rings. The first-order valence-corrected chi connectivity index (χ1v) is 8.25. The van der Waals surface area contributed by atoms with Crippen LogP contribution in [0.15, 0.2) is 66.7 Å². The monoisotopic (exact) mass is 378 g/mol. The van der Waals surface area contributed by atoms with E-state index in [-0.39, 0.29) is 11.3 Å². The van der Waals surface area contributed by atoms with Gasteiger partial charge in [-0.1, -0.05) is 30.4 Å². The Bertz CT molecular complexity index is 1060. The normalized spacial score (nSPS) is 10.8. The molecule has 0 fully saturated rings. The molecule has 3 rings (SSSR count). The van der Waals surface area contributed by atoms with Crippen LogP contribution in [0.25, 0.3) is 12.2 Å². The van der Waals surface area contributed by atoms with Gasteiger partial charge >= 0.3 is 5.97 Å². The van der Waals surface area contributed by atoms with E-state index in [4.69, 9.17) is 0 Å². The van der Waals surface area contributed by atoms with Crippen LogP contribution in [0.1, 0.15) is 21.5 Å². The SMILES string of the molecule is O=C(O)c1ccc(/C=C/c2cccc([N+](=O)[O-])c2)cc1Nc1ccc(F)cc1. The lowest BCUT2D eigenvalue weighted by atomic mass is 10.1. The molecule has 0 amide bonds. The van der Waals surface area contributed by atoms with Gasteiger partial charge in [0, 0.05) is 17.8 Å². The Balaban J connectivity index is 1.90. The Hall–Kier alpha value is -4.00. The molecule has 2 N–H and O–H groups in total. The van der Waals surface area contributed by atoms with Crippen molar-refractivity contribution >= 4 is 35.2 Å². The van der Waals surface area contributed by atoms with Crippen molar-refractivity contribution in [2.45, 2.75) is 0 Å². The summed E-state index contributed by atoms with van der Waals surface area (Å²) >= 11 is 0. The maximum Gasteiger partial charge on any atom is 0.337 e. The number of nitro benzene ring substituents is 1. The van der Waals surface area contributed by atoms with Crippen molar-refractivity contribution in [2.75, 3.05) is 5.32 Å².